The molecular formula is C24H24N4O3. The monoisotopic (exact) mass is 416 g/mol. The summed E-state index contributed by atoms with van der Waals surface area (Å²) in [5.41, 5.74) is 5.27. The van der Waals surface area contributed by atoms with Crippen LogP contribution in [0, 0.1) is 13.8 Å². The summed E-state index contributed by atoms with van der Waals surface area (Å²) < 4.78 is 6.71. The van der Waals surface area contributed by atoms with E-state index in [-0.39, 0.29) is 18.0 Å². The Morgan fingerprint density at radius 1 is 1.13 bits per heavy atom. The zero-order valence-electron chi connectivity index (χ0n) is 17.9. The summed E-state index contributed by atoms with van der Waals surface area (Å²) >= 11 is 0. The normalized spacial score (nSPS) is 11.0. The van der Waals surface area contributed by atoms with Crippen LogP contribution in [0.15, 0.2) is 53.3 Å². The summed E-state index contributed by atoms with van der Waals surface area (Å²) in [4.78, 5) is 28.2. The molecule has 0 aliphatic rings. The lowest BCUT2D eigenvalue weighted by Gasteiger charge is -2.09. The first-order valence-electron chi connectivity index (χ1n) is 9.96. The highest BCUT2D eigenvalue weighted by molar-refractivity contribution is 5.93. The zero-order valence-corrected chi connectivity index (χ0v) is 17.9. The van der Waals surface area contributed by atoms with Crippen LogP contribution in [0.1, 0.15) is 27.2 Å². The predicted molar refractivity (Wildman–Crippen MR) is 120 cm³/mol. The summed E-state index contributed by atoms with van der Waals surface area (Å²) in [5.74, 6) is 0.456. The first kappa shape index (κ1) is 20.4. The third kappa shape index (κ3) is 3.94. The number of nitrogens with zero attached hydrogens (tertiary/aromatic N) is 2. The third-order valence-corrected chi connectivity index (χ3v) is 5.57. The van der Waals surface area contributed by atoms with E-state index >= 15 is 0 Å². The molecule has 7 nitrogen and oxygen atoms in total. The van der Waals surface area contributed by atoms with Crippen LogP contribution in [0.3, 0.4) is 0 Å². The molecule has 4 rings (SSSR count). The number of methoxy groups -OCH3 is 1. The Labute approximate surface area is 179 Å². The van der Waals surface area contributed by atoms with Gasteiger partial charge in [0.05, 0.1) is 18.3 Å². The second-order valence-corrected chi connectivity index (χ2v) is 7.54. The van der Waals surface area contributed by atoms with E-state index in [1.807, 2.05) is 56.3 Å². The lowest BCUT2D eigenvalue weighted by molar-refractivity contribution is 0.0941. The van der Waals surface area contributed by atoms with Crippen LogP contribution in [0.5, 0.6) is 5.75 Å². The number of amides is 1. The topological polar surface area (TPSA) is 89.0 Å². The van der Waals surface area contributed by atoms with E-state index in [4.69, 9.17) is 4.74 Å². The number of hydrogen-bond donors (Lipinski definition) is 2. The maximum Gasteiger partial charge on any atom is 0.269 e. The molecule has 0 saturated heterocycles. The number of pyridine rings is 1. The number of ether oxygens (including phenoxy) is 1. The predicted octanol–water partition coefficient (Wildman–Crippen LogP) is 3.48. The van der Waals surface area contributed by atoms with E-state index in [0.29, 0.717) is 17.0 Å². The summed E-state index contributed by atoms with van der Waals surface area (Å²) in [6.45, 7) is 4.12. The van der Waals surface area contributed by atoms with Gasteiger partial charge in [0.2, 0.25) is 0 Å². The van der Waals surface area contributed by atoms with Gasteiger partial charge in [0.15, 0.2) is 0 Å². The highest BCUT2D eigenvalue weighted by Gasteiger charge is 2.15. The molecule has 0 fully saturated rings. The molecule has 4 aromatic rings. The molecule has 0 spiro atoms. The minimum absolute atomic E-state index is 0.125. The summed E-state index contributed by atoms with van der Waals surface area (Å²) in [7, 11) is 3.33. The highest BCUT2D eigenvalue weighted by atomic mass is 16.5. The van der Waals surface area contributed by atoms with E-state index in [9.17, 15) is 9.59 Å². The zero-order chi connectivity index (χ0) is 22.1. The molecule has 0 atom stereocenters. The Balaban J connectivity index is 1.54. The van der Waals surface area contributed by atoms with Crippen LogP contribution in [0.2, 0.25) is 0 Å². The van der Waals surface area contributed by atoms with Gasteiger partial charge in [-0.3, -0.25) is 14.3 Å². The molecule has 0 radical (unpaired) electrons. The molecule has 0 aliphatic carbocycles. The van der Waals surface area contributed by atoms with Gasteiger partial charge in [-0.2, -0.15) is 5.10 Å². The Bertz CT molecular complexity index is 1330. The summed E-state index contributed by atoms with van der Waals surface area (Å²) in [6, 6.07) is 15.0. The maximum absolute atomic E-state index is 12.8. The van der Waals surface area contributed by atoms with Gasteiger partial charge in [0, 0.05) is 24.7 Å². The molecule has 2 aromatic carbocycles. The second-order valence-electron chi connectivity index (χ2n) is 7.54. The number of aromatic amines is 1. The van der Waals surface area contributed by atoms with Gasteiger partial charge in [0.1, 0.15) is 11.4 Å². The largest absolute Gasteiger partial charge is 0.497 e. The quantitative estimate of drug-likeness (QED) is 0.521. The molecular weight excluding hydrogens is 392 g/mol. The van der Waals surface area contributed by atoms with Crippen molar-refractivity contribution in [3.05, 3.63) is 81.3 Å². The van der Waals surface area contributed by atoms with Crippen molar-refractivity contribution in [3.63, 3.8) is 0 Å². The number of benzene rings is 2. The lowest BCUT2D eigenvalue weighted by Crippen LogP contribution is -2.28. The third-order valence-electron chi connectivity index (χ3n) is 5.57. The first-order chi connectivity index (χ1) is 14.9. The van der Waals surface area contributed by atoms with Crippen LogP contribution in [0.25, 0.3) is 22.2 Å². The number of aromatic nitrogens is 3. The molecule has 158 valence electrons. The SMILES string of the molecule is COc1ccc(-c2cc(C(=O)NCc3cc4ccc(C)c(C)c4[nH]c3=O)n(C)n2)cc1. The first-order valence-corrected chi connectivity index (χ1v) is 9.96. The van der Waals surface area contributed by atoms with Crippen molar-refractivity contribution in [1.29, 1.82) is 0 Å². The number of H-pyrrole nitrogens is 1. The van der Waals surface area contributed by atoms with Crippen LogP contribution in [-0.2, 0) is 13.6 Å². The van der Waals surface area contributed by atoms with Crippen molar-refractivity contribution >= 4 is 16.8 Å². The number of rotatable bonds is 5. The van der Waals surface area contributed by atoms with E-state index in [1.54, 1.807) is 20.2 Å². The van der Waals surface area contributed by atoms with Crippen LogP contribution < -0.4 is 15.6 Å². The molecule has 2 heterocycles. The van der Waals surface area contributed by atoms with Crippen molar-refractivity contribution in [2.75, 3.05) is 7.11 Å². The molecule has 1 amide bonds. The molecule has 2 aromatic heterocycles. The van der Waals surface area contributed by atoms with Gasteiger partial charge in [-0.15, -0.1) is 0 Å². The minimum Gasteiger partial charge on any atom is -0.497 e. The molecule has 31 heavy (non-hydrogen) atoms. The Kier molecular flexibility index (Phi) is 5.33. The second kappa shape index (κ2) is 8.10. The van der Waals surface area contributed by atoms with Gasteiger partial charge in [-0.05, 0) is 66.8 Å². The lowest BCUT2D eigenvalue weighted by atomic mass is 10.0. The van der Waals surface area contributed by atoms with Crippen molar-refractivity contribution < 1.29 is 9.53 Å². The number of fused-ring (bicyclic) bond motifs is 1. The molecule has 2 N–H and O–H groups in total. The van der Waals surface area contributed by atoms with Gasteiger partial charge in [0.25, 0.3) is 11.5 Å². The van der Waals surface area contributed by atoms with Crippen molar-refractivity contribution in [3.8, 4) is 17.0 Å². The molecule has 0 saturated carbocycles. The Morgan fingerprint density at radius 3 is 2.58 bits per heavy atom. The van der Waals surface area contributed by atoms with Crippen molar-refractivity contribution in [1.82, 2.24) is 20.1 Å². The molecule has 0 bridgehead atoms. The van der Waals surface area contributed by atoms with E-state index in [1.165, 1.54) is 4.68 Å². The highest BCUT2D eigenvalue weighted by Crippen LogP contribution is 2.22. The standard InChI is InChI=1S/C24H24N4O3/c1-14-5-6-17-11-18(23(29)26-22(17)15(14)2)13-25-24(30)21-12-20(27-28(21)3)16-7-9-19(31-4)10-8-16/h5-12H,13H2,1-4H3,(H,25,30)(H,26,29). The Hall–Kier alpha value is -3.87. The number of nitrogens with one attached hydrogen (secondary N) is 2. The fraction of sp³-hybridized carbons (Fsp3) is 0.208. The average Bonchev–Trinajstić information content (AvgIpc) is 3.17. The smallest absolute Gasteiger partial charge is 0.269 e. The van der Waals surface area contributed by atoms with Gasteiger partial charge >= 0.3 is 0 Å². The number of carbonyl (C=O) groups is 1. The number of hydrogen-bond acceptors (Lipinski definition) is 4. The summed E-state index contributed by atoms with van der Waals surface area (Å²) in [6.07, 6.45) is 0. The van der Waals surface area contributed by atoms with Gasteiger partial charge in [-0.25, -0.2) is 0 Å². The fourth-order valence-electron chi connectivity index (χ4n) is 3.55. The van der Waals surface area contributed by atoms with Crippen LogP contribution >= 0.6 is 0 Å². The van der Waals surface area contributed by atoms with Crippen molar-refractivity contribution in [2.24, 2.45) is 7.05 Å². The van der Waals surface area contributed by atoms with Crippen LogP contribution in [0.4, 0.5) is 0 Å². The molecule has 7 heteroatoms. The van der Waals surface area contributed by atoms with Gasteiger partial charge < -0.3 is 15.0 Å². The molecule has 0 unspecified atom stereocenters. The number of aryl methyl sites for hydroxylation is 3. The number of carbonyl (C=O) groups excluding carboxylic acids is 1. The summed E-state index contributed by atoms with van der Waals surface area (Å²) in [5, 5.41) is 8.21. The Morgan fingerprint density at radius 2 is 1.87 bits per heavy atom. The van der Waals surface area contributed by atoms with Crippen molar-refractivity contribution in [2.45, 2.75) is 20.4 Å². The van der Waals surface area contributed by atoms with Gasteiger partial charge in [-0.1, -0.05) is 12.1 Å². The van der Waals surface area contributed by atoms with E-state index in [0.717, 1.165) is 33.3 Å². The van der Waals surface area contributed by atoms with E-state index < -0.39 is 0 Å². The maximum atomic E-state index is 12.8. The average molecular weight is 416 g/mol. The fourth-order valence-corrected chi connectivity index (χ4v) is 3.55. The minimum atomic E-state index is -0.297. The van der Waals surface area contributed by atoms with Crippen LogP contribution in [-0.4, -0.2) is 27.8 Å². The molecule has 0 aliphatic heterocycles. The van der Waals surface area contributed by atoms with E-state index in [2.05, 4.69) is 15.4 Å².